The largest absolute Gasteiger partial charge is 0.342 e. The molecule has 0 saturated carbocycles. The van der Waals surface area contributed by atoms with Gasteiger partial charge in [-0.05, 0) is 108 Å². The van der Waals surface area contributed by atoms with Crippen molar-refractivity contribution in [3.63, 3.8) is 0 Å². The van der Waals surface area contributed by atoms with Crippen LogP contribution < -0.4 is 0 Å². The number of hydrogen-bond donors (Lipinski definition) is 2. The van der Waals surface area contributed by atoms with Crippen LogP contribution in [-0.4, -0.2) is 19.9 Å². The number of fused-ring (bicyclic) bond motifs is 1. The molecule has 2 aliphatic carbocycles. The fourth-order valence-electron chi connectivity index (χ4n) is 5.71. The number of aromatic nitrogens is 4. The highest BCUT2D eigenvalue weighted by atomic mass is 14.9. The second kappa shape index (κ2) is 6.42. The molecule has 156 valence electrons. The molecule has 3 aromatic carbocycles. The van der Waals surface area contributed by atoms with Gasteiger partial charge in [0.05, 0.1) is 22.9 Å². The molecule has 0 saturated heterocycles. The molecule has 0 atom stereocenters. The first-order chi connectivity index (χ1) is 15.6. The highest BCUT2D eigenvalue weighted by molar-refractivity contribution is 5.87. The van der Waals surface area contributed by atoms with Crippen molar-refractivity contribution in [2.45, 2.75) is 39.5 Å². The number of nitrogens with zero attached hydrogens (tertiary/aromatic N) is 2. The van der Waals surface area contributed by atoms with Gasteiger partial charge in [-0.25, -0.2) is 9.97 Å². The van der Waals surface area contributed by atoms with Crippen molar-refractivity contribution < 1.29 is 0 Å². The first-order valence-electron chi connectivity index (χ1n) is 11.4. The van der Waals surface area contributed by atoms with E-state index in [1.807, 2.05) is 20.0 Å². The van der Waals surface area contributed by atoms with Gasteiger partial charge in [-0.15, -0.1) is 0 Å². The Hall–Kier alpha value is -3.66. The Morgan fingerprint density at radius 2 is 1.28 bits per heavy atom. The van der Waals surface area contributed by atoms with Crippen LogP contribution >= 0.6 is 0 Å². The van der Waals surface area contributed by atoms with Gasteiger partial charge in [0.2, 0.25) is 0 Å². The molecule has 5 aromatic rings. The Morgan fingerprint density at radius 1 is 0.656 bits per heavy atom. The Labute approximate surface area is 186 Å². The van der Waals surface area contributed by atoms with E-state index in [4.69, 9.17) is 0 Å². The quantitative estimate of drug-likeness (QED) is 0.365. The maximum Gasteiger partial charge on any atom is 0.104 e. The molecule has 4 nitrogen and oxygen atoms in total. The van der Waals surface area contributed by atoms with Crippen LogP contribution in [0.3, 0.4) is 0 Å². The molecule has 2 aliphatic rings. The second-order valence-electron chi connectivity index (χ2n) is 9.28. The monoisotopic (exact) mass is 416 g/mol. The van der Waals surface area contributed by atoms with E-state index in [2.05, 4.69) is 62.4 Å². The number of imidazole rings is 2. The van der Waals surface area contributed by atoms with Crippen molar-refractivity contribution in [3.05, 3.63) is 82.6 Å². The molecule has 4 heteroatoms. The summed E-state index contributed by atoms with van der Waals surface area (Å²) in [6.45, 7) is 4.02. The van der Waals surface area contributed by atoms with E-state index < -0.39 is 0 Å². The van der Waals surface area contributed by atoms with Crippen LogP contribution in [0, 0.1) is 13.8 Å². The number of H-pyrrole nitrogens is 2. The van der Waals surface area contributed by atoms with Gasteiger partial charge in [0.25, 0.3) is 0 Å². The molecule has 0 radical (unpaired) electrons. The van der Waals surface area contributed by atoms with Crippen LogP contribution in [0.15, 0.2) is 48.7 Å². The Bertz CT molecular complexity index is 1500. The number of rotatable bonds is 2. The molecule has 0 fully saturated rings. The van der Waals surface area contributed by atoms with Crippen LogP contribution in [0.1, 0.15) is 33.9 Å². The van der Waals surface area contributed by atoms with Gasteiger partial charge in [-0.2, -0.15) is 0 Å². The molecule has 2 aromatic heterocycles. The minimum absolute atomic E-state index is 0.964. The zero-order valence-corrected chi connectivity index (χ0v) is 18.3. The first kappa shape index (κ1) is 18.0. The van der Waals surface area contributed by atoms with Gasteiger partial charge in [-0.3, -0.25) is 0 Å². The number of hydrogen-bond acceptors (Lipinski definition) is 2. The van der Waals surface area contributed by atoms with E-state index in [0.29, 0.717) is 0 Å². The topological polar surface area (TPSA) is 57.4 Å². The van der Waals surface area contributed by atoms with Crippen LogP contribution in [-0.2, 0) is 25.7 Å². The molecular formula is C28H24N4. The minimum Gasteiger partial charge on any atom is -0.342 e. The van der Waals surface area contributed by atoms with Crippen LogP contribution in [0.2, 0.25) is 0 Å². The zero-order valence-electron chi connectivity index (χ0n) is 18.3. The Kier molecular flexibility index (Phi) is 3.61. The second-order valence-corrected chi connectivity index (χ2v) is 9.28. The molecule has 2 heterocycles. The molecular weight excluding hydrogens is 392 g/mol. The van der Waals surface area contributed by atoms with Crippen molar-refractivity contribution in [2.24, 2.45) is 0 Å². The molecule has 0 amide bonds. The lowest BCUT2D eigenvalue weighted by Gasteiger charge is -2.30. The molecule has 7 rings (SSSR count). The van der Waals surface area contributed by atoms with E-state index in [0.717, 1.165) is 54.1 Å². The summed E-state index contributed by atoms with van der Waals surface area (Å²) in [7, 11) is 0. The average molecular weight is 417 g/mol. The number of nitrogens with one attached hydrogen (secondary N) is 2. The van der Waals surface area contributed by atoms with Crippen molar-refractivity contribution >= 4 is 11.0 Å². The maximum absolute atomic E-state index is 4.55. The van der Waals surface area contributed by atoms with Crippen LogP contribution in [0.25, 0.3) is 44.5 Å². The Balaban J connectivity index is 1.37. The smallest absolute Gasteiger partial charge is 0.104 e. The maximum atomic E-state index is 4.55. The third-order valence-electron chi connectivity index (χ3n) is 7.13. The lowest BCUT2D eigenvalue weighted by molar-refractivity contribution is 0.877. The highest BCUT2D eigenvalue weighted by Gasteiger charge is 2.27. The third-order valence-corrected chi connectivity index (χ3v) is 7.13. The summed E-state index contributed by atoms with van der Waals surface area (Å²) in [5.74, 6) is 1.93. The standard InChI is InChI=1S/C28H24N4/c1-15-29-14-26(30-15)23-11-20-5-3-18-9-22(10-19-4-6-21(12-23)28(20)27(18)19)17-7-8-24-25(13-17)32-16(2)31-24/h7-14H,3-6H2,1-2H3,(H,29,30)(H,31,32). The summed E-state index contributed by atoms with van der Waals surface area (Å²) in [6, 6.07) is 16.2. The van der Waals surface area contributed by atoms with E-state index in [1.165, 1.54) is 50.1 Å². The van der Waals surface area contributed by atoms with Gasteiger partial charge in [0, 0.05) is 5.56 Å². The predicted molar refractivity (Wildman–Crippen MR) is 129 cm³/mol. The predicted octanol–water partition coefficient (Wildman–Crippen LogP) is 6.10. The highest BCUT2D eigenvalue weighted by Crippen LogP contribution is 2.45. The number of aryl methyl sites for hydroxylation is 6. The third kappa shape index (κ3) is 2.62. The summed E-state index contributed by atoms with van der Waals surface area (Å²) in [6.07, 6.45) is 6.34. The van der Waals surface area contributed by atoms with Gasteiger partial charge >= 0.3 is 0 Å². The fraction of sp³-hybridized carbons (Fsp3) is 0.214. The molecule has 0 aliphatic heterocycles. The van der Waals surface area contributed by atoms with E-state index >= 15 is 0 Å². The summed E-state index contributed by atoms with van der Waals surface area (Å²) in [5, 5.41) is 0. The normalized spacial score (nSPS) is 14.1. The summed E-state index contributed by atoms with van der Waals surface area (Å²) in [4.78, 5) is 15.7. The van der Waals surface area contributed by atoms with E-state index in [9.17, 15) is 0 Å². The average Bonchev–Trinajstić information content (AvgIpc) is 3.40. The van der Waals surface area contributed by atoms with Crippen LogP contribution in [0.4, 0.5) is 0 Å². The summed E-state index contributed by atoms with van der Waals surface area (Å²) >= 11 is 0. The van der Waals surface area contributed by atoms with Gasteiger partial charge in [0.15, 0.2) is 0 Å². The van der Waals surface area contributed by atoms with Crippen LogP contribution in [0.5, 0.6) is 0 Å². The molecule has 2 N–H and O–H groups in total. The fourth-order valence-corrected chi connectivity index (χ4v) is 5.71. The zero-order chi connectivity index (χ0) is 21.4. The SMILES string of the molecule is Cc1ncc(-c2cc3c4c(c2)CCc2cc(-c5ccc6nc(C)[nH]c6c5)cc(c2-4)CC3)[nH]1. The van der Waals surface area contributed by atoms with Gasteiger partial charge in [-0.1, -0.05) is 18.2 Å². The van der Waals surface area contributed by atoms with Crippen molar-refractivity contribution in [2.75, 3.05) is 0 Å². The van der Waals surface area contributed by atoms with Gasteiger partial charge in [0.1, 0.15) is 11.6 Å². The molecule has 0 unspecified atom stereocenters. The van der Waals surface area contributed by atoms with Crippen molar-refractivity contribution in [3.8, 4) is 33.5 Å². The van der Waals surface area contributed by atoms with E-state index in [-0.39, 0.29) is 0 Å². The Morgan fingerprint density at radius 3 is 1.88 bits per heavy atom. The molecule has 32 heavy (non-hydrogen) atoms. The first-order valence-corrected chi connectivity index (χ1v) is 11.4. The molecule has 0 bridgehead atoms. The minimum atomic E-state index is 0.964. The summed E-state index contributed by atoms with van der Waals surface area (Å²) in [5.41, 5.74) is 16.1. The molecule has 0 spiro atoms. The number of benzene rings is 3. The lowest BCUT2D eigenvalue weighted by atomic mass is 9.74. The van der Waals surface area contributed by atoms with Crippen molar-refractivity contribution in [1.29, 1.82) is 0 Å². The summed E-state index contributed by atoms with van der Waals surface area (Å²) < 4.78 is 0. The van der Waals surface area contributed by atoms with Gasteiger partial charge < -0.3 is 9.97 Å². The lowest BCUT2D eigenvalue weighted by Crippen LogP contribution is -2.14. The number of aromatic amines is 2. The van der Waals surface area contributed by atoms with E-state index in [1.54, 1.807) is 0 Å². The van der Waals surface area contributed by atoms with Crippen molar-refractivity contribution in [1.82, 2.24) is 19.9 Å².